The minimum absolute atomic E-state index is 0.246. The van der Waals surface area contributed by atoms with E-state index in [1.807, 2.05) is 0 Å². The summed E-state index contributed by atoms with van der Waals surface area (Å²) in [4.78, 5) is 11.5. The Morgan fingerprint density at radius 3 is 2.28 bits per heavy atom. The summed E-state index contributed by atoms with van der Waals surface area (Å²) in [6, 6.07) is 10.5. The molecule has 2 unspecified atom stereocenters. The Morgan fingerprint density at radius 2 is 1.69 bits per heavy atom. The van der Waals surface area contributed by atoms with Gasteiger partial charge in [-0.2, -0.15) is 0 Å². The highest BCUT2D eigenvalue weighted by Crippen LogP contribution is 2.29. The van der Waals surface area contributed by atoms with Crippen molar-refractivity contribution in [1.82, 2.24) is 0 Å². The molecule has 1 heterocycles. The van der Waals surface area contributed by atoms with Crippen LogP contribution in [0.2, 0.25) is 0 Å². The van der Waals surface area contributed by atoms with Crippen molar-refractivity contribution < 1.29 is 43.8 Å². The van der Waals surface area contributed by atoms with Gasteiger partial charge in [0.15, 0.2) is 11.6 Å². The second-order valence-electron chi connectivity index (χ2n) is 6.53. The highest BCUT2D eigenvalue weighted by Gasteiger charge is 2.44. The number of rotatable bonds is 5. The first-order chi connectivity index (χ1) is 13.8. The van der Waals surface area contributed by atoms with E-state index in [4.69, 9.17) is 9.47 Å². The van der Waals surface area contributed by atoms with E-state index in [2.05, 4.69) is 4.74 Å². The third-order valence-electron chi connectivity index (χ3n) is 4.66. The Morgan fingerprint density at radius 1 is 1.03 bits per heavy atom. The second kappa shape index (κ2) is 8.85. The largest absolute Gasteiger partial charge is 0.465 e. The number of esters is 1. The second-order valence-corrected chi connectivity index (χ2v) is 6.53. The molecule has 9 heteroatoms. The summed E-state index contributed by atoms with van der Waals surface area (Å²) in [7, 11) is 1.28. The third-order valence-corrected chi connectivity index (χ3v) is 4.66. The Kier molecular flexibility index (Phi) is 6.46. The molecule has 1 saturated heterocycles. The van der Waals surface area contributed by atoms with Gasteiger partial charge in [0.1, 0.15) is 24.4 Å². The van der Waals surface area contributed by atoms with Crippen LogP contribution in [0.25, 0.3) is 11.1 Å². The Hall–Kier alpha value is -2.56. The number of hydrogen-bond donors (Lipinski definition) is 4. The smallest absolute Gasteiger partial charge is 0.337 e. The van der Waals surface area contributed by atoms with Crippen LogP contribution in [0.15, 0.2) is 42.5 Å². The van der Waals surface area contributed by atoms with Crippen LogP contribution >= 0.6 is 0 Å². The maximum atomic E-state index is 14.5. The first-order valence-corrected chi connectivity index (χ1v) is 8.81. The maximum Gasteiger partial charge on any atom is 0.337 e. The molecule has 0 bridgehead atoms. The van der Waals surface area contributed by atoms with E-state index in [1.165, 1.54) is 19.2 Å². The van der Waals surface area contributed by atoms with Gasteiger partial charge < -0.3 is 34.6 Å². The van der Waals surface area contributed by atoms with Crippen LogP contribution in [-0.4, -0.2) is 70.8 Å². The van der Waals surface area contributed by atoms with Crippen LogP contribution < -0.4 is 4.74 Å². The fourth-order valence-electron chi connectivity index (χ4n) is 2.98. The van der Waals surface area contributed by atoms with Gasteiger partial charge in [-0.1, -0.05) is 18.2 Å². The molecular formula is C20H21FO8. The number of methoxy groups -OCH3 is 1. The van der Waals surface area contributed by atoms with E-state index in [1.54, 1.807) is 30.3 Å². The fraction of sp³-hybridized carbons (Fsp3) is 0.350. The number of halogens is 1. The lowest BCUT2D eigenvalue weighted by Crippen LogP contribution is -2.60. The molecule has 156 valence electrons. The van der Waals surface area contributed by atoms with Crippen molar-refractivity contribution >= 4 is 5.97 Å². The van der Waals surface area contributed by atoms with E-state index < -0.39 is 49.1 Å². The predicted molar refractivity (Wildman–Crippen MR) is 97.6 cm³/mol. The standard InChI is InChI=1S/C20H21FO8/c1-27-19(26)11-4-2-10(3-5-11)12-6-7-14(13(21)8-12)28-20-18(25)17(24)16(23)15(9-22)29-20/h2-8,15-18,20,22-25H,9H2,1H3/t15-,16-,17?,18?,20+/m1/s1. The van der Waals surface area contributed by atoms with Crippen molar-refractivity contribution in [3.63, 3.8) is 0 Å². The summed E-state index contributed by atoms with van der Waals surface area (Å²) in [5, 5.41) is 38.8. The molecule has 2 aromatic carbocycles. The normalized spacial score (nSPS) is 26.8. The summed E-state index contributed by atoms with van der Waals surface area (Å²) in [6.07, 6.45) is -7.44. The number of aliphatic hydroxyl groups excluding tert-OH is 4. The topological polar surface area (TPSA) is 126 Å². The SMILES string of the molecule is COC(=O)c1ccc(-c2ccc(O[C@H]3O[C@H](CO)[C@@H](O)C(O)C3O)c(F)c2)cc1. The molecule has 1 aliphatic heterocycles. The number of aliphatic hydroxyl groups is 4. The van der Waals surface area contributed by atoms with E-state index >= 15 is 0 Å². The lowest BCUT2D eigenvalue weighted by atomic mass is 9.99. The molecule has 3 rings (SSSR count). The monoisotopic (exact) mass is 408 g/mol. The Balaban J connectivity index is 1.77. The summed E-state index contributed by atoms with van der Waals surface area (Å²) >= 11 is 0. The molecule has 2 aromatic rings. The lowest BCUT2D eigenvalue weighted by molar-refractivity contribution is -0.277. The zero-order valence-corrected chi connectivity index (χ0v) is 15.4. The van der Waals surface area contributed by atoms with Crippen LogP contribution in [0.4, 0.5) is 4.39 Å². The average molecular weight is 408 g/mol. The zero-order chi connectivity index (χ0) is 21.1. The first kappa shape index (κ1) is 21.2. The fourth-order valence-corrected chi connectivity index (χ4v) is 2.98. The molecule has 29 heavy (non-hydrogen) atoms. The molecule has 5 atom stereocenters. The van der Waals surface area contributed by atoms with Crippen LogP contribution in [-0.2, 0) is 9.47 Å². The van der Waals surface area contributed by atoms with E-state index in [-0.39, 0.29) is 5.75 Å². The van der Waals surface area contributed by atoms with Crippen molar-refractivity contribution in [2.75, 3.05) is 13.7 Å². The van der Waals surface area contributed by atoms with Crippen molar-refractivity contribution in [2.24, 2.45) is 0 Å². The van der Waals surface area contributed by atoms with Crippen molar-refractivity contribution in [1.29, 1.82) is 0 Å². The van der Waals surface area contributed by atoms with Crippen molar-refractivity contribution in [3.05, 3.63) is 53.8 Å². The zero-order valence-electron chi connectivity index (χ0n) is 15.4. The maximum absolute atomic E-state index is 14.5. The highest BCUT2D eigenvalue weighted by molar-refractivity contribution is 5.89. The number of ether oxygens (including phenoxy) is 3. The summed E-state index contributed by atoms with van der Waals surface area (Å²) in [6.45, 7) is -0.617. The van der Waals surface area contributed by atoms with Gasteiger partial charge >= 0.3 is 5.97 Å². The van der Waals surface area contributed by atoms with E-state index in [0.29, 0.717) is 16.7 Å². The van der Waals surface area contributed by atoms with Crippen molar-refractivity contribution in [2.45, 2.75) is 30.7 Å². The number of benzene rings is 2. The molecule has 4 N–H and O–H groups in total. The van der Waals surface area contributed by atoms with Gasteiger partial charge in [-0.05, 0) is 35.4 Å². The molecule has 0 amide bonds. The minimum Gasteiger partial charge on any atom is -0.465 e. The quantitative estimate of drug-likeness (QED) is 0.526. The molecule has 1 aliphatic rings. The summed E-state index contributed by atoms with van der Waals surface area (Å²) < 4.78 is 29.7. The van der Waals surface area contributed by atoms with Gasteiger partial charge in [-0.25, -0.2) is 9.18 Å². The molecule has 1 fully saturated rings. The van der Waals surface area contributed by atoms with Crippen LogP contribution in [0.1, 0.15) is 10.4 Å². The highest BCUT2D eigenvalue weighted by atomic mass is 19.1. The third kappa shape index (κ3) is 4.39. The van der Waals surface area contributed by atoms with Crippen LogP contribution in [0.5, 0.6) is 5.75 Å². The number of carbonyl (C=O) groups excluding carboxylic acids is 1. The number of carbonyl (C=O) groups is 1. The average Bonchev–Trinajstić information content (AvgIpc) is 2.74. The van der Waals surface area contributed by atoms with Crippen molar-refractivity contribution in [3.8, 4) is 16.9 Å². The molecule has 0 saturated carbocycles. The molecular weight excluding hydrogens is 387 g/mol. The van der Waals surface area contributed by atoms with Gasteiger partial charge in [0.25, 0.3) is 0 Å². The Labute approximate surface area is 165 Å². The first-order valence-electron chi connectivity index (χ1n) is 8.81. The molecule has 0 radical (unpaired) electrons. The minimum atomic E-state index is -1.64. The van der Waals surface area contributed by atoms with Gasteiger partial charge in [0.05, 0.1) is 19.3 Å². The van der Waals surface area contributed by atoms with E-state index in [0.717, 1.165) is 0 Å². The molecule has 0 aromatic heterocycles. The van der Waals surface area contributed by atoms with E-state index in [9.17, 15) is 29.6 Å². The number of hydrogen-bond acceptors (Lipinski definition) is 8. The molecule has 0 spiro atoms. The van der Waals surface area contributed by atoms with Gasteiger partial charge in [0.2, 0.25) is 6.29 Å². The van der Waals surface area contributed by atoms with Crippen LogP contribution in [0.3, 0.4) is 0 Å². The van der Waals surface area contributed by atoms with Gasteiger partial charge in [-0.3, -0.25) is 0 Å². The van der Waals surface area contributed by atoms with Crippen LogP contribution in [0, 0.1) is 5.82 Å². The molecule has 0 aliphatic carbocycles. The Bertz CT molecular complexity index is 854. The summed E-state index contributed by atoms with van der Waals surface area (Å²) in [5.74, 6) is -1.48. The van der Waals surface area contributed by atoms with Gasteiger partial charge in [0, 0.05) is 0 Å². The predicted octanol–water partition coefficient (Wildman–Crippen LogP) is 0.458. The lowest BCUT2D eigenvalue weighted by Gasteiger charge is -2.39. The molecule has 8 nitrogen and oxygen atoms in total. The summed E-state index contributed by atoms with van der Waals surface area (Å²) in [5.41, 5.74) is 1.52. The van der Waals surface area contributed by atoms with Gasteiger partial charge in [-0.15, -0.1) is 0 Å².